The summed E-state index contributed by atoms with van der Waals surface area (Å²) in [5.41, 5.74) is 1.91. The number of carbonyl (C=O) groups is 1. The molecule has 1 saturated carbocycles. The number of rotatable bonds is 7. The normalized spacial score (nSPS) is 14.9. The number of benzene rings is 2. The molecule has 1 N–H and O–H groups in total. The monoisotopic (exact) mass is 325 g/mol. The van der Waals surface area contributed by atoms with Crippen LogP contribution in [0.25, 0.3) is 0 Å². The van der Waals surface area contributed by atoms with E-state index in [-0.39, 0.29) is 12.5 Å². The van der Waals surface area contributed by atoms with Crippen LogP contribution in [0.3, 0.4) is 0 Å². The highest BCUT2D eigenvalue weighted by molar-refractivity contribution is 5.78. The largest absolute Gasteiger partial charge is 0.484 e. The van der Waals surface area contributed by atoms with Gasteiger partial charge in [0.1, 0.15) is 5.75 Å². The first-order chi connectivity index (χ1) is 11.6. The van der Waals surface area contributed by atoms with Crippen molar-refractivity contribution >= 4 is 5.91 Å². The smallest absolute Gasteiger partial charge is 0.261 e. The number of hydrogen-bond acceptors (Lipinski definition) is 3. The van der Waals surface area contributed by atoms with Crippen LogP contribution in [0.15, 0.2) is 54.6 Å². The van der Waals surface area contributed by atoms with Crippen LogP contribution in [0.1, 0.15) is 37.0 Å². The minimum atomic E-state index is -0.551. The third-order valence-electron chi connectivity index (χ3n) is 4.21. The van der Waals surface area contributed by atoms with Gasteiger partial charge in [-0.25, -0.2) is 0 Å². The van der Waals surface area contributed by atoms with Gasteiger partial charge in [0, 0.05) is 12.6 Å². The minimum absolute atomic E-state index is 0.00352. The van der Waals surface area contributed by atoms with Crippen molar-refractivity contribution in [3.05, 3.63) is 65.7 Å². The maximum atomic E-state index is 12.6. The SMILES string of the molecule is CC(O)c1cccc(OCC(=O)N(Cc2ccccc2)C2CC2)c1. The van der Waals surface area contributed by atoms with Crippen molar-refractivity contribution in [3.8, 4) is 5.75 Å². The second-order valence-corrected chi connectivity index (χ2v) is 6.28. The van der Waals surface area contributed by atoms with Crippen molar-refractivity contribution in [2.45, 2.75) is 38.5 Å². The first kappa shape index (κ1) is 16.5. The summed E-state index contributed by atoms with van der Waals surface area (Å²) in [6.45, 7) is 2.35. The van der Waals surface area contributed by atoms with Crippen LogP contribution in [0.4, 0.5) is 0 Å². The first-order valence-corrected chi connectivity index (χ1v) is 8.37. The van der Waals surface area contributed by atoms with E-state index in [4.69, 9.17) is 4.74 Å². The maximum Gasteiger partial charge on any atom is 0.261 e. The molecule has 1 amide bonds. The van der Waals surface area contributed by atoms with Crippen LogP contribution in [-0.2, 0) is 11.3 Å². The average Bonchev–Trinajstić information content (AvgIpc) is 3.43. The summed E-state index contributed by atoms with van der Waals surface area (Å²) < 4.78 is 5.65. The molecule has 1 aliphatic carbocycles. The molecular weight excluding hydrogens is 302 g/mol. The molecule has 0 aliphatic heterocycles. The first-order valence-electron chi connectivity index (χ1n) is 8.37. The summed E-state index contributed by atoms with van der Waals surface area (Å²) in [5.74, 6) is 0.612. The molecule has 0 saturated heterocycles. The molecule has 0 bridgehead atoms. The van der Waals surface area contributed by atoms with Crippen LogP contribution in [0, 0.1) is 0 Å². The summed E-state index contributed by atoms with van der Waals surface area (Å²) >= 11 is 0. The predicted molar refractivity (Wildman–Crippen MR) is 92.6 cm³/mol. The topological polar surface area (TPSA) is 49.8 Å². The van der Waals surface area contributed by atoms with Crippen molar-refractivity contribution in [1.29, 1.82) is 0 Å². The quantitative estimate of drug-likeness (QED) is 0.849. The van der Waals surface area contributed by atoms with E-state index in [2.05, 4.69) is 0 Å². The lowest BCUT2D eigenvalue weighted by atomic mass is 10.1. The zero-order chi connectivity index (χ0) is 16.9. The maximum absolute atomic E-state index is 12.6. The van der Waals surface area contributed by atoms with Crippen molar-refractivity contribution in [1.82, 2.24) is 4.90 Å². The third kappa shape index (κ3) is 4.36. The summed E-state index contributed by atoms with van der Waals surface area (Å²) in [6, 6.07) is 17.6. The number of carbonyl (C=O) groups excluding carboxylic acids is 1. The Morgan fingerprint density at radius 2 is 1.96 bits per heavy atom. The molecule has 1 atom stereocenters. The highest BCUT2D eigenvalue weighted by atomic mass is 16.5. The summed E-state index contributed by atoms with van der Waals surface area (Å²) in [4.78, 5) is 14.5. The molecule has 0 radical (unpaired) electrons. The molecule has 0 heterocycles. The molecule has 24 heavy (non-hydrogen) atoms. The van der Waals surface area contributed by atoms with Gasteiger partial charge < -0.3 is 14.7 Å². The number of nitrogens with zero attached hydrogens (tertiary/aromatic N) is 1. The Labute approximate surface area is 142 Å². The second kappa shape index (κ2) is 7.49. The van der Waals surface area contributed by atoms with Gasteiger partial charge in [0.2, 0.25) is 0 Å². The van der Waals surface area contributed by atoms with E-state index in [1.165, 1.54) is 0 Å². The second-order valence-electron chi connectivity index (χ2n) is 6.28. The summed E-state index contributed by atoms with van der Waals surface area (Å²) in [5, 5.41) is 9.63. The van der Waals surface area contributed by atoms with E-state index in [9.17, 15) is 9.90 Å². The van der Waals surface area contributed by atoms with E-state index in [1.807, 2.05) is 47.4 Å². The summed E-state index contributed by atoms with van der Waals surface area (Å²) in [7, 11) is 0. The minimum Gasteiger partial charge on any atom is -0.484 e. The Bertz CT molecular complexity index is 680. The van der Waals surface area contributed by atoms with Gasteiger partial charge >= 0.3 is 0 Å². The van der Waals surface area contributed by atoms with Crippen molar-refractivity contribution < 1.29 is 14.6 Å². The van der Waals surface area contributed by atoms with E-state index < -0.39 is 6.10 Å². The highest BCUT2D eigenvalue weighted by Crippen LogP contribution is 2.28. The van der Waals surface area contributed by atoms with Gasteiger partial charge in [0.25, 0.3) is 5.91 Å². The Kier molecular flexibility index (Phi) is 5.16. The molecule has 1 unspecified atom stereocenters. The lowest BCUT2D eigenvalue weighted by molar-refractivity contribution is -0.134. The Balaban J connectivity index is 1.61. The van der Waals surface area contributed by atoms with Crippen LogP contribution in [-0.4, -0.2) is 28.6 Å². The molecule has 2 aromatic carbocycles. The molecular formula is C20H23NO3. The molecule has 4 heteroatoms. The van der Waals surface area contributed by atoms with Crippen molar-refractivity contribution in [2.24, 2.45) is 0 Å². The number of aliphatic hydroxyl groups excluding tert-OH is 1. The van der Waals surface area contributed by atoms with Gasteiger partial charge in [-0.3, -0.25) is 4.79 Å². The van der Waals surface area contributed by atoms with Gasteiger partial charge in [0.15, 0.2) is 6.61 Å². The Morgan fingerprint density at radius 3 is 2.62 bits per heavy atom. The average molecular weight is 325 g/mol. The van der Waals surface area contributed by atoms with Crippen LogP contribution < -0.4 is 4.74 Å². The molecule has 4 nitrogen and oxygen atoms in total. The standard InChI is InChI=1S/C20H23NO3/c1-15(22)17-8-5-9-19(12-17)24-14-20(23)21(18-10-11-18)13-16-6-3-2-4-7-16/h2-9,12,15,18,22H,10-11,13-14H2,1H3. The zero-order valence-corrected chi connectivity index (χ0v) is 13.9. The highest BCUT2D eigenvalue weighted by Gasteiger charge is 2.32. The molecule has 0 aromatic heterocycles. The lowest BCUT2D eigenvalue weighted by Crippen LogP contribution is -2.36. The van der Waals surface area contributed by atoms with Gasteiger partial charge in [-0.05, 0) is 43.0 Å². The van der Waals surface area contributed by atoms with Crippen LogP contribution in [0.2, 0.25) is 0 Å². The van der Waals surface area contributed by atoms with E-state index in [1.54, 1.807) is 19.1 Å². The van der Waals surface area contributed by atoms with Crippen molar-refractivity contribution in [3.63, 3.8) is 0 Å². The van der Waals surface area contributed by atoms with Gasteiger partial charge in [-0.1, -0.05) is 42.5 Å². The fourth-order valence-electron chi connectivity index (χ4n) is 2.68. The molecule has 1 aliphatic rings. The number of hydrogen-bond donors (Lipinski definition) is 1. The fourth-order valence-corrected chi connectivity index (χ4v) is 2.68. The van der Waals surface area contributed by atoms with Gasteiger partial charge in [-0.15, -0.1) is 0 Å². The Morgan fingerprint density at radius 1 is 1.21 bits per heavy atom. The predicted octanol–water partition coefficient (Wildman–Crippen LogP) is 3.31. The number of aliphatic hydroxyl groups is 1. The Hall–Kier alpha value is -2.33. The van der Waals surface area contributed by atoms with E-state index in [0.717, 1.165) is 24.0 Å². The molecule has 1 fully saturated rings. The summed E-state index contributed by atoms with van der Waals surface area (Å²) in [6.07, 6.45) is 1.58. The van der Waals surface area contributed by atoms with Crippen LogP contribution >= 0.6 is 0 Å². The van der Waals surface area contributed by atoms with E-state index >= 15 is 0 Å². The van der Waals surface area contributed by atoms with E-state index in [0.29, 0.717) is 18.3 Å². The number of ether oxygens (including phenoxy) is 1. The number of amides is 1. The molecule has 0 spiro atoms. The van der Waals surface area contributed by atoms with Crippen LogP contribution in [0.5, 0.6) is 5.75 Å². The van der Waals surface area contributed by atoms with Gasteiger partial charge in [-0.2, -0.15) is 0 Å². The third-order valence-corrected chi connectivity index (χ3v) is 4.21. The molecule has 3 rings (SSSR count). The van der Waals surface area contributed by atoms with Crippen molar-refractivity contribution in [2.75, 3.05) is 6.61 Å². The fraction of sp³-hybridized carbons (Fsp3) is 0.350. The lowest BCUT2D eigenvalue weighted by Gasteiger charge is -2.22. The molecule has 2 aromatic rings. The van der Waals surface area contributed by atoms with Gasteiger partial charge in [0.05, 0.1) is 6.10 Å². The zero-order valence-electron chi connectivity index (χ0n) is 13.9. The molecule has 126 valence electrons.